The third-order valence-corrected chi connectivity index (χ3v) is 7.33. The Morgan fingerprint density at radius 1 is 1.00 bits per heavy atom. The van der Waals surface area contributed by atoms with Crippen LogP contribution >= 0.6 is 0 Å². The molecule has 0 spiro atoms. The summed E-state index contributed by atoms with van der Waals surface area (Å²) in [5.74, 6) is 1.62. The van der Waals surface area contributed by atoms with Gasteiger partial charge in [0, 0.05) is 30.7 Å². The van der Waals surface area contributed by atoms with Gasteiger partial charge < -0.3 is 0 Å². The summed E-state index contributed by atoms with van der Waals surface area (Å²) >= 11 is 0. The molecule has 1 unspecified atom stereocenters. The van der Waals surface area contributed by atoms with E-state index in [0.717, 1.165) is 23.6 Å². The van der Waals surface area contributed by atoms with E-state index in [-0.39, 0.29) is 0 Å². The minimum atomic E-state index is 0.309. The van der Waals surface area contributed by atoms with Crippen molar-refractivity contribution >= 4 is 11.5 Å². The topological polar surface area (TPSA) is 29.4 Å². The van der Waals surface area contributed by atoms with Crippen LogP contribution in [0, 0.1) is 5.92 Å². The first-order valence-electron chi connectivity index (χ1n) is 13.7. The molecule has 2 aromatic carbocycles. The van der Waals surface area contributed by atoms with Crippen molar-refractivity contribution in [1.82, 2.24) is 0 Å². The fourth-order valence-corrected chi connectivity index (χ4v) is 5.39. The van der Waals surface area contributed by atoms with Crippen LogP contribution in [0.15, 0.2) is 47.5 Å². The fourth-order valence-electron chi connectivity index (χ4n) is 5.39. The van der Waals surface area contributed by atoms with Crippen LogP contribution in [0.5, 0.6) is 0 Å². The molecule has 0 saturated heterocycles. The number of hydrogen-bond donors (Lipinski definition) is 0. The zero-order chi connectivity index (χ0) is 26.1. The van der Waals surface area contributed by atoms with E-state index in [0.29, 0.717) is 18.1 Å². The van der Waals surface area contributed by atoms with E-state index in [2.05, 4.69) is 62.7 Å². The third kappa shape index (κ3) is 6.60. The quantitative estimate of drug-likeness (QED) is 0.291. The largest absolute Gasteiger partial charge is 0.294 e. The molecule has 1 atom stereocenters. The Bertz CT molecular complexity index is 1050. The van der Waals surface area contributed by atoms with Gasteiger partial charge in [-0.1, -0.05) is 83.2 Å². The maximum atomic E-state index is 12.4. The number of ketones is 1. The Kier molecular flexibility index (Phi) is 11.1. The molecule has 0 amide bonds. The van der Waals surface area contributed by atoms with Crippen molar-refractivity contribution in [1.29, 1.82) is 0 Å². The highest BCUT2D eigenvalue weighted by molar-refractivity contribution is 6.05. The summed E-state index contributed by atoms with van der Waals surface area (Å²) in [6.45, 7) is 18.2. The number of Topliss-reactive ketones (excluding diaryl/α,β-unsaturated/α-hetero) is 1. The lowest BCUT2D eigenvalue weighted by atomic mass is 9.87. The Hall–Kier alpha value is -2.48. The van der Waals surface area contributed by atoms with E-state index in [1.807, 2.05) is 34.7 Å². The highest BCUT2D eigenvalue weighted by Gasteiger charge is 2.34. The van der Waals surface area contributed by atoms with Crippen molar-refractivity contribution in [3.63, 3.8) is 0 Å². The predicted octanol–water partition coefficient (Wildman–Crippen LogP) is 9.58. The highest BCUT2D eigenvalue weighted by Crippen LogP contribution is 2.51. The lowest BCUT2D eigenvalue weighted by Crippen LogP contribution is -2.02. The second-order valence-electron chi connectivity index (χ2n) is 9.96. The Balaban J connectivity index is 0.000000655. The molecule has 0 heterocycles. The normalized spacial score (nSPS) is 15.5. The lowest BCUT2D eigenvalue weighted by molar-refractivity contribution is 0.0994. The summed E-state index contributed by atoms with van der Waals surface area (Å²) in [4.78, 5) is 16.8. The standard InChI is InChI=1S/C27H33NO.C4H8.C2H6/c1-5-18(6-2)8-7-9-20-21-11-10-19(17(3)28-4)16-25(21)27-23(20)13-12-22-24(27)14-15-26(22)29;1-4(2)3;1-2/h10-13,16,18,20H,5-9,14-15H2,1-4H3;1H2,2-3H3;1-2H3. The van der Waals surface area contributed by atoms with Crippen molar-refractivity contribution in [3.8, 4) is 11.1 Å². The summed E-state index contributed by atoms with van der Waals surface area (Å²) in [5.41, 5.74) is 11.3. The molecule has 0 fully saturated rings. The minimum Gasteiger partial charge on any atom is -0.294 e. The number of carbonyl (C=O) groups excluding carboxylic acids is 1. The first-order valence-corrected chi connectivity index (χ1v) is 13.7. The molecule has 0 bridgehead atoms. The summed E-state index contributed by atoms with van der Waals surface area (Å²) in [6, 6.07) is 11.2. The maximum Gasteiger partial charge on any atom is 0.163 e. The molecule has 35 heavy (non-hydrogen) atoms. The second kappa shape index (κ2) is 13.6. The molecular formula is C33H47NO. The molecule has 2 aliphatic carbocycles. The van der Waals surface area contributed by atoms with E-state index >= 15 is 0 Å². The third-order valence-electron chi connectivity index (χ3n) is 7.33. The Labute approximate surface area is 215 Å². The molecule has 0 aromatic heterocycles. The number of fused-ring (bicyclic) bond motifs is 5. The molecule has 2 aliphatic rings. The molecule has 2 heteroatoms. The minimum absolute atomic E-state index is 0.309. The molecule has 0 saturated carbocycles. The van der Waals surface area contributed by atoms with Crippen LogP contribution in [-0.2, 0) is 6.42 Å². The number of benzene rings is 2. The monoisotopic (exact) mass is 473 g/mol. The van der Waals surface area contributed by atoms with Crippen LogP contribution in [0.2, 0.25) is 0 Å². The van der Waals surface area contributed by atoms with Gasteiger partial charge in [0.1, 0.15) is 0 Å². The molecule has 2 nitrogen and oxygen atoms in total. The fraction of sp³-hybridized carbons (Fsp3) is 0.515. The van der Waals surface area contributed by atoms with Gasteiger partial charge in [0.05, 0.1) is 0 Å². The van der Waals surface area contributed by atoms with Gasteiger partial charge in [-0.25, -0.2) is 0 Å². The lowest BCUT2D eigenvalue weighted by Gasteiger charge is -2.17. The summed E-state index contributed by atoms with van der Waals surface area (Å²) in [7, 11) is 1.85. The van der Waals surface area contributed by atoms with Gasteiger partial charge in [0.2, 0.25) is 0 Å². The summed E-state index contributed by atoms with van der Waals surface area (Å²) in [6.07, 6.45) is 7.90. The predicted molar refractivity (Wildman–Crippen MR) is 154 cm³/mol. The van der Waals surface area contributed by atoms with E-state index in [9.17, 15) is 4.79 Å². The number of aliphatic imine (C=N–C) groups is 1. The number of allylic oxidation sites excluding steroid dienone is 1. The van der Waals surface area contributed by atoms with Crippen LogP contribution in [-0.4, -0.2) is 18.5 Å². The van der Waals surface area contributed by atoms with Gasteiger partial charge in [0.25, 0.3) is 0 Å². The Morgan fingerprint density at radius 3 is 2.23 bits per heavy atom. The highest BCUT2D eigenvalue weighted by atomic mass is 16.1. The number of rotatable bonds is 7. The van der Waals surface area contributed by atoms with Crippen LogP contribution in [0.4, 0.5) is 0 Å². The second-order valence-corrected chi connectivity index (χ2v) is 9.96. The summed E-state index contributed by atoms with van der Waals surface area (Å²) < 4.78 is 0. The smallest absolute Gasteiger partial charge is 0.163 e. The Morgan fingerprint density at radius 2 is 1.63 bits per heavy atom. The molecule has 2 aromatic rings. The molecular weight excluding hydrogens is 426 g/mol. The molecule has 190 valence electrons. The van der Waals surface area contributed by atoms with Crippen LogP contribution in [0.3, 0.4) is 0 Å². The SMILES string of the molecule is C=C(C)C.CC.CCC(CC)CCCC1c2ccc(C(C)=NC)cc2-c2c1ccc1c2CCC1=O. The van der Waals surface area contributed by atoms with Crippen molar-refractivity contribution in [3.05, 3.63) is 70.3 Å². The molecule has 0 radical (unpaired) electrons. The van der Waals surface area contributed by atoms with Gasteiger partial charge >= 0.3 is 0 Å². The molecule has 0 N–H and O–H groups in total. The zero-order valence-electron chi connectivity index (χ0n) is 23.6. The van der Waals surface area contributed by atoms with Crippen LogP contribution in [0.1, 0.15) is 126 Å². The summed E-state index contributed by atoms with van der Waals surface area (Å²) in [5, 5.41) is 0. The first kappa shape index (κ1) is 28.8. The van der Waals surface area contributed by atoms with E-state index in [1.165, 1.54) is 71.1 Å². The van der Waals surface area contributed by atoms with Gasteiger partial charge in [0.15, 0.2) is 5.78 Å². The number of carbonyl (C=O) groups is 1. The van der Waals surface area contributed by atoms with Gasteiger partial charge in [-0.05, 0) is 79.0 Å². The van der Waals surface area contributed by atoms with E-state index in [4.69, 9.17) is 0 Å². The van der Waals surface area contributed by atoms with E-state index < -0.39 is 0 Å². The van der Waals surface area contributed by atoms with Crippen molar-refractivity contribution in [2.24, 2.45) is 10.9 Å². The first-order chi connectivity index (χ1) is 16.8. The van der Waals surface area contributed by atoms with Gasteiger partial charge in [-0.15, -0.1) is 6.58 Å². The van der Waals surface area contributed by atoms with Crippen molar-refractivity contribution in [2.75, 3.05) is 7.05 Å². The van der Waals surface area contributed by atoms with Crippen LogP contribution < -0.4 is 0 Å². The van der Waals surface area contributed by atoms with Crippen molar-refractivity contribution in [2.45, 2.75) is 99.3 Å². The molecule has 4 rings (SSSR count). The van der Waals surface area contributed by atoms with Crippen molar-refractivity contribution < 1.29 is 4.79 Å². The number of nitrogens with zero attached hydrogens (tertiary/aromatic N) is 1. The van der Waals surface area contributed by atoms with E-state index in [1.54, 1.807) is 0 Å². The zero-order valence-corrected chi connectivity index (χ0v) is 23.6. The van der Waals surface area contributed by atoms with Crippen LogP contribution in [0.25, 0.3) is 11.1 Å². The molecule has 0 aliphatic heterocycles. The number of hydrogen-bond acceptors (Lipinski definition) is 2. The average Bonchev–Trinajstić information content (AvgIpc) is 3.39. The van der Waals surface area contributed by atoms with Gasteiger partial charge in [-0.3, -0.25) is 9.79 Å². The average molecular weight is 474 g/mol. The van der Waals surface area contributed by atoms with Gasteiger partial charge in [-0.2, -0.15) is 0 Å². The maximum absolute atomic E-state index is 12.4.